The van der Waals surface area contributed by atoms with Crippen molar-refractivity contribution < 1.29 is 10.0 Å². The molecular weight excluding hydrogens is 424 g/mol. The fourth-order valence-corrected chi connectivity index (χ4v) is 3.22. The molecular formula is C28H36N4O2. The first-order valence-corrected chi connectivity index (χ1v) is 11.4. The van der Waals surface area contributed by atoms with Crippen LogP contribution >= 0.6 is 0 Å². The fourth-order valence-electron chi connectivity index (χ4n) is 3.22. The molecule has 0 aliphatic heterocycles. The van der Waals surface area contributed by atoms with Gasteiger partial charge in [0.05, 0.1) is 6.04 Å². The zero-order chi connectivity index (χ0) is 25.1. The summed E-state index contributed by atoms with van der Waals surface area (Å²) in [7, 11) is 3.41. The second-order valence-corrected chi connectivity index (χ2v) is 9.49. The lowest BCUT2D eigenvalue weighted by molar-refractivity contribution is 0.0493. The lowest BCUT2D eigenvalue weighted by atomic mass is 9.97. The molecule has 2 aromatic carbocycles. The van der Waals surface area contributed by atoms with Gasteiger partial charge in [-0.25, -0.2) is 0 Å². The van der Waals surface area contributed by atoms with E-state index in [4.69, 9.17) is 0 Å². The van der Waals surface area contributed by atoms with Crippen LogP contribution in [0.2, 0.25) is 0 Å². The second kappa shape index (κ2) is 12.9. The molecule has 1 amide bonds. The molecule has 0 aliphatic rings. The van der Waals surface area contributed by atoms with E-state index in [9.17, 15) is 10.0 Å². The Morgan fingerprint density at radius 3 is 2.00 bits per heavy atom. The summed E-state index contributed by atoms with van der Waals surface area (Å²) in [6, 6.07) is 15.0. The third-order valence-electron chi connectivity index (χ3n) is 5.41. The number of carbonyl (C=O) groups excluding carboxylic acids is 1. The number of likely N-dealkylation sites (N-methyl/N-ethyl adjacent to an activating group) is 2. The van der Waals surface area contributed by atoms with E-state index >= 15 is 0 Å². The number of carbonyl (C=O) groups is 1. The number of hydrogen-bond acceptors (Lipinski definition) is 5. The number of nitrogens with one attached hydrogen (secondary N) is 3. The third kappa shape index (κ3) is 8.67. The van der Waals surface area contributed by atoms with E-state index in [-0.39, 0.29) is 17.4 Å². The molecule has 0 bridgehead atoms. The number of hydrogen-bond donors (Lipinski definition) is 4. The van der Waals surface area contributed by atoms with Gasteiger partial charge in [-0.05, 0) is 73.2 Å². The normalized spacial score (nSPS) is 12.6. The topological polar surface area (TPSA) is 76.6 Å². The lowest BCUT2D eigenvalue weighted by Crippen LogP contribution is -2.54. The minimum Gasteiger partial charge on any atom is -0.336 e. The van der Waals surface area contributed by atoms with Gasteiger partial charge in [0.1, 0.15) is 6.17 Å². The van der Waals surface area contributed by atoms with Crippen LogP contribution in [0.3, 0.4) is 0 Å². The maximum Gasteiger partial charge on any atom is 0.253 e. The molecule has 0 radical (unpaired) electrons. The van der Waals surface area contributed by atoms with Gasteiger partial charge in [0, 0.05) is 36.8 Å². The molecule has 0 heterocycles. The van der Waals surface area contributed by atoms with Crippen molar-refractivity contribution in [3.63, 3.8) is 0 Å². The number of nitrogens with zero attached hydrogens (tertiary/aromatic N) is 1. The molecule has 0 saturated carbocycles. The Balaban J connectivity index is 1.94. The van der Waals surface area contributed by atoms with Crippen molar-refractivity contribution >= 4 is 5.91 Å². The molecule has 0 spiro atoms. The SMILES string of the molecule is CNC(NO)C(C)N(C)C(=O)c1ccc(C#CC#Cc2ccc(CNCC(C)(C)C)cc2)cc1. The van der Waals surface area contributed by atoms with Crippen LogP contribution in [0.4, 0.5) is 0 Å². The van der Waals surface area contributed by atoms with Crippen molar-refractivity contribution in [2.75, 3.05) is 20.6 Å². The van der Waals surface area contributed by atoms with Gasteiger partial charge in [0.15, 0.2) is 0 Å². The van der Waals surface area contributed by atoms with Crippen LogP contribution in [0.25, 0.3) is 0 Å². The van der Waals surface area contributed by atoms with Crippen molar-refractivity contribution in [1.82, 2.24) is 21.0 Å². The Morgan fingerprint density at radius 1 is 1.00 bits per heavy atom. The van der Waals surface area contributed by atoms with Crippen molar-refractivity contribution in [1.29, 1.82) is 0 Å². The number of amides is 1. The molecule has 2 rings (SSSR count). The van der Waals surface area contributed by atoms with Crippen molar-refractivity contribution in [2.45, 2.75) is 46.4 Å². The van der Waals surface area contributed by atoms with Gasteiger partial charge in [-0.1, -0.05) is 44.7 Å². The summed E-state index contributed by atoms with van der Waals surface area (Å²) in [4.78, 5) is 14.3. The predicted octanol–water partition coefficient (Wildman–Crippen LogP) is 3.21. The van der Waals surface area contributed by atoms with Gasteiger partial charge in [-0.15, -0.1) is 0 Å². The van der Waals surface area contributed by atoms with Gasteiger partial charge >= 0.3 is 0 Å². The predicted molar refractivity (Wildman–Crippen MR) is 137 cm³/mol. The maximum atomic E-state index is 12.7. The Morgan fingerprint density at radius 2 is 1.53 bits per heavy atom. The van der Waals surface area contributed by atoms with Gasteiger partial charge in [-0.3, -0.25) is 4.79 Å². The zero-order valence-electron chi connectivity index (χ0n) is 21.0. The Hall–Kier alpha value is -3.13. The van der Waals surface area contributed by atoms with E-state index in [1.54, 1.807) is 43.3 Å². The molecule has 2 aromatic rings. The largest absolute Gasteiger partial charge is 0.336 e. The molecule has 0 fully saturated rings. The first-order chi connectivity index (χ1) is 16.1. The summed E-state index contributed by atoms with van der Waals surface area (Å²) in [5, 5.41) is 15.6. The minimum absolute atomic E-state index is 0.139. The first kappa shape index (κ1) is 27.1. The van der Waals surface area contributed by atoms with Crippen molar-refractivity contribution in [3.8, 4) is 23.7 Å². The standard InChI is InChI=1S/C28H36N4O2/c1-21(26(29-5)31-34)32(6)27(33)25-17-15-23(16-18-25)10-8-7-9-22-11-13-24(14-12-22)19-30-20-28(2,3)4/h11-18,21,26,29-31,34H,19-20H2,1-6H3. The molecule has 2 atom stereocenters. The van der Waals surface area contributed by atoms with Gasteiger partial charge in [-0.2, -0.15) is 5.48 Å². The van der Waals surface area contributed by atoms with Crippen LogP contribution in [-0.4, -0.2) is 48.9 Å². The molecule has 180 valence electrons. The molecule has 6 heteroatoms. The van der Waals surface area contributed by atoms with Gasteiger partial charge in [0.2, 0.25) is 0 Å². The van der Waals surface area contributed by atoms with Crippen LogP contribution in [0, 0.1) is 29.1 Å². The highest BCUT2D eigenvalue weighted by atomic mass is 16.5. The lowest BCUT2D eigenvalue weighted by Gasteiger charge is -2.30. The first-order valence-electron chi connectivity index (χ1n) is 11.4. The van der Waals surface area contributed by atoms with E-state index in [1.165, 1.54) is 5.56 Å². The average molecular weight is 461 g/mol. The van der Waals surface area contributed by atoms with Crippen LogP contribution in [0.15, 0.2) is 48.5 Å². The van der Waals surface area contributed by atoms with E-state index in [0.29, 0.717) is 5.56 Å². The minimum atomic E-state index is -0.431. The summed E-state index contributed by atoms with van der Waals surface area (Å²) >= 11 is 0. The van der Waals surface area contributed by atoms with Gasteiger partial charge in [0.25, 0.3) is 5.91 Å². The molecule has 4 N–H and O–H groups in total. The van der Waals surface area contributed by atoms with Crippen LogP contribution < -0.4 is 16.1 Å². The Bertz CT molecular complexity index is 1040. The fraction of sp³-hybridized carbons (Fsp3) is 0.393. The van der Waals surface area contributed by atoms with Crippen LogP contribution in [0.5, 0.6) is 0 Å². The average Bonchev–Trinajstić information content (AvgIpc) is 2.82. The molecule has 0 aliphatic carbocycles. The molecule has 6 nitrogen and oxygen atoms in total. The van der Waals surface area contributed by atoms with Gasteiger partial charge < -0.3 is 20.7 Å². The molecule has 2 unspecified atom stereocenters. The van der Waals surface area contributed by atoms with Crippen molar-refractivity contribution in [2.24, 2.45) is 5.41 Å². The highest BCUT2D eigenvalue weighted by Crippen LogP contribution is 2.12. The number of rotatable bonds is 8. The molecule has 0 aromatic heterocycles. The number of hydroxylamine groups is 1. The Labute approximate surface area is 204 Å². The molecule has 34 heavy (non-hydrogen) atoms. The summed E-state index contributed by atoms with van der Waals surface area (Å²) < 4.78 is 0. The van der Waals surface area contributed by atoms with E-state index in [0.717, 1.165) is 24.2 Å². The summed E-state index contributed by atoms with van der Waals surface area (Å²) in [6.07, 6.45) is -0.431. The monoisotopic (exact) mass is 460 g/mol. The van der Waals surface area contributed by atoms with Crippen LogP contribution in [0.1, 0.15) is 54.7 Å². The Kier molecular flexibility index (Phi) is 10.3. The second-order valence-electron chi connectivity index (χ2n) is 9.49. The maximum absolute atomic E-state index is 12.7. The van der Waals surface area contributed by atoms with E-state index in [1.807, 2.05) is 19.1 Å². The third-order valence-corrected chi connectivity index (χ3v) is 5.41. The number of benzene rings is 2. The summed E-state index contributed by atoms with van der Waals surface area (Å²) in [5.74, 6) is 11.7. The summed E-state index contributed by atoms with van der Waals surface area (Å²) in [5.41, 5.74) is 5.91. The highest BCUT2D eigenvalue weighted by molar-refractivity contribution is 5.94. The summed E-state index contributed by atoms with van der Waals surface area (Å²) in [6.45, 7) is 10.3. The quantitative estimate of drug-likeness (QED) is 0.277. The van der Waals surface area contributed by atoms with Crippen molar-refractivity contribution in [3.05, 3.63) is 70.8 Å². The van der Waals surface area contributed by atoms with E-state index < -0.39 is 6.17 Å². The molecule has 0 saturated heterocycles. The zero-order valence-corrected chi connectivity index (χ0v) is 21.0. The van der Waals surface area contributed by atoms with Crippen LogP contribution in [-0.2, 0) is 6.54 Å². The van der Waals surface area contributed by atoms with E-state index in [2.05, 4.69) is 72.7 Å². The smallest absolute Gasteiger partial charge is 0.253 e. The highest BCUT2D eigenvalue weighted by Gasteiger charge is 2.23.